The first-order chi connectivity index (χ1) is 30.3. The monoisotopic (exact) mass is 894 g/mol. The molecule has 15 heteroatoms. The predicted molar refractivity (Wildman–Crippen MR) is 240 cm³/mol. The van der Waals surface area contributed by atoms with Crippen molar-refractivity contribution in [1.29, 1.82) is 0 Å². The lowest BCUT2D eigenvalue weighted by Gasteiger charge is -2.40. The second-order valence-electron chi connectivity index (χ2n) is 17.3. The Kier molecular flexibility index (Phi) is 14.4. The maximum atomic E-state index is 14.7. The Morgan fingerprint density at radius 2 is 1.36 bits per heavy atom. The van der Waals surface area contributed by atoms with Gasteiger partial charge in [0, 0.05) is 24.2 Å². The third-order valence-corrected chi connectivity index (χ3v) is 16.5. The molecule has 338 valence electrons. The zero-order valence-corrected chi connectivity index (χ0v) is 38.6. The second kappa shape index (κ2) is 19.4. The molecule has 0 amide bonds. The van der Waals surface area contributed by atoms with E-state index in [1.165, 1.54) is 32.2 Å². The molecule has 1 fully saturated rings. The molecule has 64 heavy (non-hydrogen) atoms. The van der Waals surface area contributed by atoms with Gasteiger partial charge in [0.2, 0.25) is 0 Å². The Hall–Kier alpha value is -6.00. The molecule has 4 aromatic carbocycles. The van der Waals surface area contributed by atoms with E-state index in [0.717, 1.165) is 22.3 Å². The van der Waals surface area contributed by atoms with E-state index in [1.54, 1.807) is 14.2 Å². The average Bonchev–Trinajstić information content (AvgIpc) is 3.58. The molecule has 0 spiro atoms. The Bertz CT molecular complexity index is 2540. The van der Waals surface area contributed by atoms with Gasteiger partial charge in [-0.1, -0.05) is 81.4 Å². The molecule has 1 aliphatic rings. The second-order valence-corrected chi connectivity index (χ2v) is 22.1. The quantitative estimate of drug-likeness (QED) is 0.0544. The first kappa shape index (κ1) is 47.5. The van der Waals surface area contributed by atoms with E-state index >= 15 is 0 Å². The number of aromatic nitrogens is 2. The van der Waals surface area contributed by atoms with Gasteiger partial charge in [0.1, 0.15) is 40.9 Å². The topological polar surface area (TPSA) is 151 Å². The zero-order valence-electron chi connectivity index (χ0n) is 37.6. The summed E-state index contributed by atoms with van der Waals surface area (Å²) in [5.41, 5.74) is -1.20. The summed E-state index contributed by atoms with van der Waals surface area (Å²) in [4.78, 5) is 67.5. The Morgan fingerprint density at radius 1 is 0.781 bits per heavy atom. The molecule has 0 bridgehead atoms. The smallest absolute Gasteiger partial charge is 0.340 e. The first-order valence-corrected chi connectivity index (χ1v) is 23.9. The van der Waals surface area contributed by atoms with Gasteiger partial charge in [0.15, 0.2) is 20.6 Å². The van der Waals surface area contributed by atoms with Gasteiger partial charge in [-0.3, -0.25) is 19.0 Å². The van der Waals surface area contributed by atoms with E-state index in [0.29, 0.717) is 27.2 Å². The van der Waals surface area contributed by atoms with Crippen molar-refractivity contribution in [3.63, 3.8) is 0 Å². The lowest BCUT2D eigenvalue weighted by Crippen LogP contribution is -2.52. The molecule has 1 aromatic heterocycles. The Balaban J connectivity index is 1.53. The van der Waals surface area contributed by atoms with Gasteiger partial charge in [-0.05, 0) is 90.6 Å². The van der Waals surface area contributed by atoms with Crippen LogP contribution in [-0.4, -0.2) is 74.2 Å². The minimum atomic E-state index is -2.85. The first-order valence-electron chi connectivity index (χ1n) is 21.0. The third kappa shape index (κ3) is 9.87. The van der Waals surface area contributed by atoms with Crippen molar-refractivity contribution in [3.8, 4) is 11.5 Å². The van der Waals surface area contributed by atoms with Crippen LogP contribution in [0.15, 0.2) is 119 Å². The van der Waals surface area contributed by atoms with Gasteiger partial charge in [-0.15, -0.1) is 0 Å². The summed E-state index contributed by atoms with van der Waals surface area (Å²) in [6.07, 6.45) is -4.15. The molecule has 13 nitrogen and oxygen atoms in total. The molecule has 6 rings (SSSR count). The van der Waals surface area contributed by atoms with Crippen LogP contribution in [0.1, 0.15) is 79.4 Å². The summed E-state index contributed by atoms with van der Waals surface area (Å²) in [6, 6.07) is 29.0. The van der Waals surface area contributed by atoms with E-state index in [4.69, 9.17) is 28.1 Å². The van der Waals surface area contributed by atoms with E-state index in [2.05, 4.69) is 0 Å². The average molecular weight is 895 g/mol. The Labute approximate surface area is 372 Å². The fraction of sp³-hybridized carbons (Fsp3) is 0.367. The summed E-state index contributed by atoms with van der Waals surface area (Å²) < 4.78 is 54.5. The number of benzene rings is 4. The van der Waals surface area contributed by atoms with Crippen LogP contribution >= 0.6 is 0 Å². The largest absolute Gasteiger partial charge is 0.497 e. The van der Waals surface area contributed by atoms with Crippen LogP contribution in [0.5, 0.6) is 11.5 Å². The molecule has 1 aliphatic heterocycles. The van der Waals surface area contributed by atoms with Crippen molar-refractivity contribution in [3.05, 3.63) is 164 Å². The highest BCUT2D eigenvalue weighted by Crippen LogP contribution is 2.45. The van der Waals surface area contributed by atoms with E-state index < -0.39 is 72.4 Å². The molecule has 1 unspecified atom stereocenters. The summed E-state index contributed by atoms with van der Waals surface area (Å²) >= 11 is 0. The summed E-state index contributed by atoms with van der Waals surface area (Å²) in [6.45, 7) is 12.6. The predicted octanol–water partition coefficient (Wildman–Crippen LogP) is 7.74. The molecular formula is C49H55FN2O11Si. The minimum Gasteiger partial charge on any atom is -0.497 e. The maximum absolute atomic E-state index is 14.7. The van der Waals surface area contributed by atoms with Crippen molar-refractivity contribution in [2.45, 2.75) is 95.7 Å². The van der Waals surface area contributed by atoms with Crippen LogP contribution in [0.25, 0.3) is 0 Å². The molecule has 4 atom stereocenters. The number of ether oxygens (including phenoxy) is 5. The van der Waals surface area contributed by atoms with Gasteiger partial charge in [0.05, 0.1) is 27.2 Å². The molecule has 2 heterocycles. The summed E-state index contributed by atoms with van der Waals surface area (Å²) in [5.74, 6) is -1.45. The van der Waals surface area contributed by atoms with Gasteiger partial charge >= 0.3 is 11.7 Å². The highest BCUT2D eigenvalue weighted by atomic mass is 28.4. The van der Waals surface area contributed by atoms with Crippen molar-refractivity contribution >= 4 is 26.0 Å². The number of methoxy groups -OCH3 is 2. The lowest BCUT2D eigenvalue weighted by molar-refractivity contribution is -0.159. The highest BCUT2D eigenvalue weighted by Gasteiger charge is 2.54. The number of rotatable bonds is 16. The number of Topliss-reactive ketones (excluding diaryl/α,β-unsaturated/α-hetero) is 1. The number of hydrogen-bond donors (Lipinski definition) is 0. The lowest BCUT2D eigenvalue weighted by atomic mass is 9.80. The van der Waals surface area contributed by atoms with Crippen molar-refractivity contribution in [2.24, 2.45) is 0 Å². The van der Waals surface area contributed by atoms with Crippen LogP contribution in [0.2, 0.25) is 18.1 Å². The number of esters is 1. The van der Waals surface area contributed by atoms with Gasteiger partial charge in [0.25, 0.3) is 11.5 Å². The highest BCUT2D eigenvalue weighted by molar-refractivity contribution is 6.74. The van der Waals surface area contributed by atoms with Crippen LogP contribution < -0.4 is 20.7 Å². The normalized spacial score (nSPS) is 17.8. The SMILES string of the molecule is COc1ccc(C(OC[C@H]2O[C@@H](n3ccc(=O)n(C(=O)c4ccc(C)c(F)c4)c3=O)[C@@H](O[Si](C)(C)C(C)(C)C)C2OC(=O)CCC(C)=O)(c2ccccc2)c2ccc(OC)cc2)cc1. The molecule has 0 radical (unpaired) electrons. The number of nitrogens with zero attached hydrogens (tertiary/aromatic N) is 2. The number of hydrogen-bond acceptors (Lipinski definition) is 11. The van der Waals surface area contributed by atoms with Crippen LogP contribution in [0, 0.1) is 12.7 Å². The van der Waals surface area contributed by atoms with Crippen molar-refractivity contribution < 1.29 is 46.9 Å². The summed E-state index contributed by atoms with van der Waals surface area (Å²) in [5, 5.41) is -0.407. The molecule has 0 N–H and O–H groups in total. The molecular weight excluding hydrogens is 840 g/mol. The fourth-order valence-electron chi connectivity index (χ4n) is 7.35. The Morgan fingerprint density at radius 3 is 1.89 bits per heavy atom. The number of carbonyl (C=O) groups excluding carboxylic acids is 3. The van der Waals surface area contributed by atoms with Crippen molar-refractivity contribution in [1.82, 2.24) is 9.13 Å². The standard InChI is InChI=1S/C49H55FN2O11Si/c1-31-15-17-33(29-39(31)50)45(56)52-41(54)27-28-51(47(52)57)46-44(63-64(8,9)48(3,4)5)43(62-42(55)26-16-32(2)53)40(61-46)30-60-49(34-13-11-10-12-14-34,35-18-22-37(58-6)23-19-35)36-20-24-38(59-7)25-21-36/h10-15,17-25,27-29,40,43-44,46H,16,26,30H2,1-9H3/t40-,43?,44+,46-/m1/s1. The number of aryl methyl sites for hydroxylation is 1. The van der Waals surface area contributed by atoms with E-state index in [-0.39, 0.29) is 36.4 Å². The van der Waals surface area contributed by atoms with Gasteiger partial charge in [-0.2, -0.15) is 4.57 Å². The summed E-state index contributed by atoms with van der Waals surface area (Å²) in [7, 11) is 0.295. The van der Waals surface area contributed by atoms with E-state index in [1.807, 2.05) is 113 Å². The van der Waals surface area contributed by atoms with E-state index in [9.17, 15) is 28.4 Å². The minimum absolute atomic E-state index is 0.0804. The van der Waals surface area contributed by atoms with Crippen LogP contribution in [0.4, 0.5) is 4.39 Å². The van der Waals surface area contributed by atoms with Crippen LogP contribution in [-0.2, 0) is 33.8 Å². The zero-order chi connectivity index (χ0) is 46.6. The van der Waals surface area contributed by atoms with Gasteiger partial charge in [-0.25, -0.2) is 9.18 Å². The molecule has 1 saturated heterocycles. The van der Waals surface area contributed by atoms with Crippen molar-refractivity contribution in [2.75, 3.05) is 20.8 Å². The maximum Gasteiger partial charge on any atom is 0.340 e. The van der Waals surface area contributed by atoms with Crippen LogP contribution in [0.3, 0.4) is 0 Å². The molecule has 5 aromatic rings. The number of halogens is 1. The number of ketones is 1. The third-order valence-electron chi connectivity index (χ3n) is 12.0. The molecule has 0 aliphatic carbocycles. The number of carbonyl (C=O) groups is 3. The molecule has 0 saturated carbocycles. The fourth-order valence-corrected chi connectivity index (χ4v) is 8.63. The van der Waals surface area contributed by atoms with Gasteiger partial charge < -0.3 is 32.9 Å².